The molecule has 0 spiro atoms. The lowest BCUT2D eigenvalue weighted by Gasteiger charge is -1.98. The van der Waals surface area contributed by atoms with Gasteiger partial charge >= 0.3 is 0 Å². The van der Waals surface area contributed by atoms with Crippen molar-refractivity contribution < 1.29 is 4.74 Å². The van der Waals surface area contributed by atoms with Gasteiger partial charge in [0.25, 0.3) is 0 Å². The molecule has 0 unspecified atom stereocenters. The van der Waals surface area contributed by atoms with Crippen LogP contribution >= 0.6 is 0 Å². The lowest BCUT2D eigenvalue weighted by molar-refractivity contribution is 0.415. The van der Waals surface area contributed by atoms with E-state index in [1.54, 1.807) is 19.5 Å². The van der Waals surface area contributed by atoms with Crippen LogP contribution in [0.5, 0.6) is 5.75 Å². The minimum Gasteiger partial charge on any atom is -0.497 e. The molecule has 0 aromatic heterocycles. The zero-order valence-corrected chi connectivity index (χ0v) is 12.8. The largest absolute Gasteiger partial charge is 0.497 e. The van der Waals surface area contributed by atoms with E-state index in [1.165, 1.54) is 5.56 Å². The van der Waals surface area contributed by atoms with Crippen molar-refractivity contribution in [2.45, 2.75) is 12.8 Å². The molecule has 2 aromatic carbocycles. The Morgan fingerprint density at radius 2 is 1.45 bits per heavy atom. The highest BCUT2D eigenvalue weighted by Gasteiger charge is 1.92. The SMILES string of the molecule is C=CCCc1ccc(/C=N/N=C/c2ccc(OC)cc2)cc1. The molecule has 3 heteroatoms. The molecular weight excluding hydrogens is 272 g/mol. The first kappa shape index (κ1) is 15.7. The molecule has 0 bridgehead atoms. The molecule has 0 aliphatic heterocycles. The van der Waals surface area contributed by atoms with E-state index >= 15 is 0 Å². The molecule has 0 fully saturated rings. The predicted octanol–water partition coefficient (Wildman–Crippen LogP) is 4.27. The van der Waals surface area contributed by atoms with Crippen molar-refractivity contribution >= 4 is 12.4 Å². The van der Waals surface area contributed by atoms with Crippen LogP contribution in [-0.2, 0) is 6.42 Å². The zero-order valence-electron chi connectivity index (χ0n) is 12.8. The lowest BCUT2D eigenvalue weighted by atomic mass is 10.1. The molecule has 0 aliphatic carbocycles. The molecule has 0 amide bonds. The third kappa shape index (κ3) is 5.02. The average molecular weight is 292 g/mol. The molecule has 22 heavy (non-hydrogen) atoms. The van der Waals surface area contributed by atoms with Gasteiger partial charge < -0.3 is 4.74 Å². The first-order valence-electron chi connectivity index (χ1n) is 7.22. The molecule has 3 nitrogen and oxygen atoms in total. The summed E-state index contributed by atoms with van der Waals surface area (Å²) in [6, 6.07) is 16.0. The van der Waals surface area contributed by atoms with Crippen LogP contribution < -0.4 is 4.74 Å². The molecule has 0 heterocycles. The van der Waals surface area contributed by atoms with E-state index in [4.69, 9.17) is 4.74 Å². The summed E-state index contributed by atoms with van der Waals surface area (Å²) in [4.78, 5) is 0. The molecule has 0 radical (unpaired) electrons. The summed E-state index contributed by atoms with van der Waals surface area (Å²) in [5.74, 6) is 0.831. The Labute approximate surface area is 131 Å². The predicted molar refractivity (Wildman–Crippen MR) is 93.1 cm³/mol. The van der Waals surface area contributed by atoms with E-state index in [-0.39, 0.29) is 0 Å². The van der Waals surface area contributed by atoms with Crippen molar-refractivity contribution in [1.29, 1.82) is 0 Å². The Kier molecular flexibility index (Phi) is 6.12. The summed E-state index contributed by atoms with van der Waals surface area (Å²) >= 11 is 0. The second kappa shape index (κ2) is 8.57. The van der Waals surface area contributed by atoms with Crippen LogP contribution in [0.1, 0.15) is 23.1 Å². The van der Waals surface area contributed by atoms with Crippen molar-refractivity contribution in [3.63, 3.8) is 0 Å². The minimum absolute atomic E-state index is 0.831. The topological polar surface area (TPSA) is 34.0 Å². The van der Waals surface area contributed by atoms with Gasteiger partial charge in [-0.3, -0.25) is 0 Å². The summed E-state index contributed by atoms with van der Waals surface area (Å²) < 4.78 is 5.11. The molecule has 112 valence electrons. The maximum Gasteiger partial charge on any atom is 0.118 e. The summed E-state index contributed by atoms with van der Waals surface area (Å²) in [6.07, 6.45) is 7.42. The highest BCUT2D eigenvalue weighted by molar-refractivity contribution is 5.82. The zero-order chi connectivity index (χ0) is 15.6. The van der Waals surface area contributed by atoms with Gasteiger partial charge in [-0.1, -0.05) is 30.3 Å². The Balaban J connectivity index is 1.90. The monoisotopic (exact) mass is 292 g/mol. The molecule has 0 N–H and O–H groups in total. The Morgan fingerprint density at radius 3 is 1.95 bits per heavy atom. The van der Waals surface area contributed by atoms with Crippen molar-refractivity contribution in [3.8, 4) is 5.75 Å². The maximum absolute atomic E-state index is 5.11. The van der Waals surface area contributed by atoms with Crippen molar-refractivity contribution in [2.75, 3.05) is 7.11 Å². The van der Waals surface area contributed by atoms with Gasteiger partial charge in [0.15, 0.2) is 0 Å². The molecule has 0 saturated heterocycles. The third-order valence-electron chi connectivity index (χ3n) is 3.21. The number of rotatable bonds is 7. The van der Waals surface area contributed by atoms with E-state index in [1.807, 2.05) is 42.5 Å². The summed E-state index contributed by atoms with van der Waals surface area (Å²) in [5.41, 5.74) is 3.32. The lowest BCUT2D eigenvalue weighted by Crippen LogP contribution is -1.86. The molecule has 2 aromatic rings. The highest BCUT2D eigenvalue weighted by atomic mass is 16.5. The fourth-order valence-electron chi connectivity index (χ4n) is 1.93. The van der Waals surface area contributed by atoms with Crippen LogP contribution in [0.2, 0.25) is 0 Å². The van der Waals surface area contributed by atoms with Crippen molar-refractivity contribution in [2.24, 2.45) is 10.2 Å². The number of hydrogen-bond donors (Lipinski definition) is 0. The third-order valence-corrected chi connectivity index (χ3v) is 3.21. The second-order valence-corrected chi connectivity index (χ2v) is 4.83. The van der Waals surface area contributed by atoms with E-state index in [0.717, 1.165) is 29.7 Å². The van der Waals surface area contributed by atoms with Gasteiger partial charge in [0.05, 0.1) is 19.5 Å². The normalized spacial score (nSPS) is 11.1. The standard InChI is InChI=1S/C19H20N2O/c1-3-4-5-16-6-8-17(9-7-16)14-20-21-15-18-10-12-19(22-2)13-11-18/h3,6-15H,1,4-5H2,2H3/b20-14+,21-15+. The quantitative estimate of drug-likeness (QED) is 0.426. The first-order valence-corrected chi connectivity index (χ1v) is 7.22. The molecule has 0 aliphatic rings. The minimum atomic E-state index is 0.831. The number of ether oxygens (including phenoxy) is 1. The van der Waals surface area contributed by atoms with Gasteiger partial charge in [-0.25, -0.2) is 0 Å². The summed E-state index contributed by atoms with van der Waals surface area (Å²) in [5, 5.41) is 8.12. The van der Waals surface area contributed by atoms with Crippen LogP contribution in [0.15, 0.2) is 71.4 Å². The van der Waals surface area contributed by atoms with Gasteiger partial charge in [0, 0.05) is 0 Å². The van der Waals surface area contributed by atoms with Gasteiger partial charge in [-0.2, -0.15) is 10.2 Å². The van der Waals surface area contributed by atoms with Crippen LogP contribution in [0.4, 0.5) is 0 Å². The fraction of sp³-hybridized carbons (Fsp3) is 0.158. The maximum atomic E-state index is 5.11. The number of hydrogen-bond acceptors (Lipinski definition) is 3. The molecule has 0 saturated carbocycles. The van der Waals surface area contributed by atoms with Gasteiger partial charge in [0.2, 0.25) is 0 Å². The summed E-state index contributed by atoms with van der Waals surface area (Å²) in [7, 11) is 1.65. The number of aryl methyl sites for hydroxylation is 1. The van der Waals surface area contributed by atoms with Gasteiger partial charge in [-0.05, 0) is 53.8 Å². The summed E-state index contributed by atoms with van der Waals surface area (Å²) in [6.45, 7) is 3.73. The molecule has 0 atom stereocenters. The van der Waals surface area contributed by atoms with Crippen LogP contribution in [0, 0.1) is 0 Å². The van der Waals surface area contributed by atoms with Crippen LogP contribution in [0.25, 0.3) is 0 Å². The average Bonchev–Trinajstić information content (AvgIpc) is 2.58. The van der Waals surface area contributed by atoms with Crippen LogP contribution in [0.3, 0.4) is 0 Å². The van der Waals surface area contributed by atoms with E-state index in [9.17, 15) is 0 Å². The Bertz CT molecular complexity index is 640. The number of benzene rings is 2. The second-order valence-electron chi connectivity index (χ2n) is 4.83. The highest BCUT2D eigenvalue weighted by Crippen LogP contribution is 2.10. The molecular formula is C19H20N2O. The van der Waals surface area contributed by atoms with E-state index in [0.29, 0.717) is 0 Å². The van der Waals surface area contributed by atoms with Crippen LogP contribution in [-0.4, -0.2) is 19.5 Å². The fourth-order valence-corrected chi connectivity index (χ4v) is 1.93. The molecule has 2 rings (SSSR count). The van der Waals surface area contributed by atoms with Gasteiger partial charge in [-0.15, -0.1) is 6.58 Å². The van der Waals surface area contributed by atoms with E-state index in [2.05, 4.69) is 28.9 Å². The Morgan fingerprint density at radius 1 is 0.909 bits per heavy atom. The first-order chi connectivity index (χ1) is 10.8. The number of methoxy groups -OCH3 is 1. The van der Waals surface area contributed by atoms with E-state index < -0.39 is 0 Å². The number of nitrogens with zero attached hydrogens (tertiary/aromatic N) is 2. The van der Waals surface area contributed by atoms with Crippen molar-refractivity contribution in [1.82, 2.24) is 0 Å². The number of allylic oxidation sites excluding steroid dienone is 1. The van der Waals surface area contributed by atoms with Gasteiger partial charge in [0.1, 0.15) is 5.75 Å². The van der Waals surface area contributed by atoms with Crippen molar-refractivity contribution in [3.05, 3.63) is 77.9 Å². The smallest absolute Gasteiger partial charge is 0.118 e. The Hall–Kier alpha value is -2.68.